The Hall–Kier alpha value is -1.42. The first-order valence-electron chi connectivity index (χ1n) is 4.53. The molecule has 82 valence electrons. The van der Waals surface area contributed by atoms with Crippen LogP contribution in [0.4, 0.5) is 4.39 Å². The first-order valence-corrected chi connectivity index (χ1v) is 4.53. The summed E-state index contributed by atoms with van der Waals surface area (Å²) in [5, 5.41) is 0. The molecule has 0 bridgehead atoms. The zero-order chi connectivity index (χ0) is 11.6. The van der Waals surface area contributed by atoms with Crippen molar-refractivity contribution in [2.45, 2.75) is 19.4 Å². The zero-order valence-electron chi connectivity index (χ0n) is 9.00. The lowest BCUT2D eigenvalue weighted by atomic mass is 9.96. The summed E-state index contributed by atoms with van der Waals surface area (Å²) in [6.07, 6.45) is 0. The maximum absolute atomic E-state index is 13.2. The number of nitrogens with two attached hydrogens (primary N) is 1. The smallest absolute Gasteiger partial charge is 0.248 e. The van der Waals surface area contributed by atoms with Crippen LogP contribution in [0.1, 0.15) is 29.8 Å². The van der Waals surface area contributed by atoms with Gasteiger partial charge in [-0.15, -0.1) is 0 Å². The normalized spacial score (nSPS) is 11.5. The minimum atomic E-state index is -0.650. The molecule has 1 aromatic carbocycles. The second-order valence-electron chi connectivity index (χ2n) is 3.81. The summed E-state index contributed by atoms with van der Waals surface area (Å²) in [4.78, 5) is 10.9. The van der Waals surface area contributed by atoms with Crippen LogP contribution in [-0.4, -0.2) is 13.0 Å². The van der Waals surface area contributed by atoms with Gasteiger partial charge in [0.05, 0.1) is 5.60 Å². The van der Waals surface area contributed by atoms with Gasteiger partial charge in [-0.05, 0) is 37.6 Å². The van der Waals surface area contributed by atoms with Crippen LogP contribution in [0.3, 0.4) is 0 Å². The molecule has 0 aliphatic rings. The molecule has 0 aliphatic carbocycles. The second kappa shape index (κ2) is 3.98. The fraction of sp³-hybridized carbons (Fsp3) is 0.364. The van der Waals surface area contributed by atoms with E-state index in [1.165, 1.54) is 19.2 Å². The number of hydrogen-bond donors (Lipinski definition) is 1. The summed E-state index contributed by atoms with van der Waals surface area (Å²) >= 11 is 0. The number of methoxy groups -OCH3 is 1. The van der Waals surface area contributed by atoms with Crippen molar-refractivity contribution in [3.8, 4) is 0 Å². The molecule has 0 radical (unpaired) electrons. The molecule has 0 aromatic heterocycles. The highest BCUT2D eigenvalue weighted by Crippen LogP contribution is 2.25. The van der Waals surface area contributed by atoms with Gasteiger partial charge in [0.1, 0.15) is 5.82 Å². The van der Waals surface area contributed by atoms with E-state index in [1.54, 1.807) is 13.8 Å². The summed E-state index contributed by atoms with van der Waals surface area (Å²) in [6, 6.07) is 3.97. The van der Waals surface area contributed by atoms with E-state index in [2.05, 4.69) is 0 Å². The van der Waals surface area contributed by atoms with Crippen LogP contribution in [0, 0.1) is 5.82 Å². The Morgan fingerprint density at radius 1 is 1.40 bits per heavy atom. The lowest BCUT2D eigenvalue weighted by Crippen LogP contribution is -2.21. The molecular formula is C11H14FNO2. The number of rotatable bonds is 3. The van der Waals surface area contributed by atoms with Crippen molar-refractivity contribution >= 4 is 5.91 Å². The molecule has 1 aromatic rings. The summed E-state index contributed by atoms with van der Waals surface area (Å²) in [5.74, 6) is -1.14. The van der Waals surface area contributed by atoms with E-state index in [0.29, 0.717) is 5.56 Å². The van der Waals surface area contributed by atoms with Gasteiger partial charge in [-0.25, -0.2) is 4.39 Å². The molecular weight excluding hydrogens is 197 g/mol. The molecule has 15 heavy (non-hydrogen) atoms. The number of amides is 1. The minimum absolute atomic E-state index is 0.148. The van der Waals surface area contributed by atoms with E-state index >= 15 is 0 Å². The Morgan fingerprint density at radius 3 is 2.47 bits per heavy atom. The second-order valence-corrected chi connectivity index (χ2v) is 3.81. The Balaban J connectivity index is 3.26. The van der Waals surface area contributed by atoms with Gasteiger partial charge in [0, 0.05) is 12.7 Å². The summed E-state index contributed by atoms with van der Waals surface area (Å²) in [7, 11) is 1.52. The molecule has 1 rings (SSSR count). The van der Waals surface area contributed by atoms with Gasteiger partial charge in [0.15, 0.2) is 0 Å². The minimum Gasteiger partial charge on any atom is -0.374 e. The highest BCUT2D eigenvalue weighted by atomic mass is 19.1. The van der Waals surface area contributed by atoms with Crippen molar-refractivity contribution < 1.29 is 13.9 Å². The molecule has 0 heterocycles. The zero-order valence-corrected chi connectivity index (χ0v) is 9.00. The number of ether oxygens (including phenoxy) is 1. The lowest BCUT2D eigenvalue weighted by molar-refractivity contribution is 0.0189. The van der Waals surface area contributed by atoms with E-state index in [4.69, 9.17) is 10.5 Å². The average Bonchev–Trinajstić information content (AvgIpc) is 2.16. The molecule has 1 amide bonds. The van der Waals surface area contributed by atoms with Crippen LogP contribution in [0.15, 0.2) is 18.2 Å². The molecule has 3 nitrogen and oxygen atoms in total. The number of carbonyl (C=O) groups excluding carboxylic acids is 1. The third-order valence-corrected chi connectivity index (χ3v) is 2.39. The maximum Gasteiger partial charge on any atom is 0.248 e. The van der Waals surface area contributed by atoms with Gasteiger partial charge >= 0.3 is 0 Å². The molecule has 0 fully saturated rings. The fourth-order valence-electron chi connectivity index (χ4n) is 1.20. The van der Waals surface area contributed by atoms with Gasteiger partial charge in [0.2, 0.25) is 5.91 Å². The standard InChI is InChI=1S/C11H14FNO2/c1-11(2,15-3)8-4-7(10(13)14)5-9(12)6-8/h4-6H,1-3H3,(H2,13,14). The Kier molecular flexibility index (Phi) is 3.09. The van der Waals surface area contributed by atoms with Crippen LogP contribution >= 0.6 is 0 Å². The summed E-state index contributed by atoms with van der Waals surface area (Å²) in [5.41, 5.74) is 5.17. The van der Waals surface area contributed by atoms with Gasteiger partial charge in [-0.2, -0.15) is 0 Å². The predicted molar refractivity (Wildman–Crippen MR) is 55.0 cm³/mol. The van der Waals surface area contributed by atoms with Crippen LogP contribution in [-0.2, 0) is 10.3 Å². The number of hydrogen-bond acceptors (Lipinski definition) is 2. The first kappa shape index (κ1) is 11.7. The number of benzene rings is 1. The summed E-state index contributed by atoms with van der Waals surface area (Å²) in [6.45, 7) is 3.57. The van der Waals surface area contributed by atoms with Crippen molar-refractivity contribution in [2.24, 2.45) is 5.73 Å². The van der Waals surface area contributed by atoms with Crippen LogP contribution in [0.25, 0.3) is 0 Å². The molecule has 4 heteroatoms. The molecule has 0 saturated heterocycles. The molecule has 0 spiro atoms. The van der Waals surface area contributed by atoms with E-state index < -0.39 is 17.3 Å². The average molecular weight is 211 g/mol. The van der Waals surface area contributed by atoms with Crippen molar-refractivity contribution in [3.05, 3.63) is 35.1 Å². The SMILES string of the molecule is COC(C)(C)c1cc(F)cc(C(N)=O)c1. The number of halogens is 1. The fourth-order valence-corrected chi connectivity index (χ4v) is 1.20. The van der Waals surface area contributed by atoms with Crippen molar-refractivity contribution in [1.82, 2.24) is 0 Å². The molecule has 0 aliphatic heterocycles. The van der Waals surface area contributed by atoms with Crippen molar-refractivity contribution in [2.75, 3.05) is 7.11 Å². The monoisotopic (exact) mass is 211 g/mol. The predicted octanol–water partition coefficient (Wildman–Crippen LogP) is 1.81. The maximum atomic E-state index is 13.2. The highest BCUT2D eigenvalue weighted by Gasteiger charge is 2.21. The Labute approximate surface area is 88.0 Å². The lowest BCUT2D eigenvalue weighted by Gasteiger charge is -2.23. The third kappa shape index (κ3) is 2.53. The van der Waals surface area contributed by atoms with E-state index in [-0.39, 0.29) is 5.56 Å². The number of primary amides is 1. The number of carbonyl (C=O) groups is 1. The first-order chi connectivity index (χ1) is 6.86. The van der Waals surface area contributed by atoms with Crippen LogP contribution in [0.2, 0.25) is 0 Å². The Morgan fingerprint density at radius 2 is 2.00 bits per heavy atom. The van der Waals surface area contributed by atoms with Gasteiger partial charge < -0.3 is 10.5 Å². The quantitative estimate of drug-likeness (QED) is 0.828. The van der Waals surface area contributed by atoms with E-state index in [0.717, 1.165) is 6.07 Å². The molecule has 0 saturated carbocycles. The van der Waals surface area contributed by atoms with Crippen molar-refractivity contribution in [3.63, 3.8) is 0 Å². The highest BCUT2D eigenvalue weighted by molar-refractivity contribution is 5.93. The van der Waals surface area contributed by atoms with Gasteiger partial charge in [0.25, 0.3) is 0 Å². The molecule has 0 atom stereocenters. The van der Waals surface area contributed by atoms with Gasteiger partial charge in [-0.3, -0.25) is 4.79 Å². The van der Waals surface area contributed by atoms with Crippen LogP contribution in [0.5, 0.6) is 0 Å². The topological polar surface area (TPSA) is 52.3 Å². The third-order valence-electron chi connectivity index (χ3n) is 2.39. The molecule has 2 N–H and O–H groups in total. The van der Waals surface area contributed by atoms with Crippen LogP contribution < -0.4 is 5.73 Å². The largest absolute Gasteiger partial charge is 0.374 e. The Bertz CT molecular complexity index is 388. The summed E-state index contributed by atoms with van der Waals surface area (Å²) < 4.78 is 18.4. The van der Waals surface area contributed by atoms with E-state index in [9.17, 15) is 9.18 Å². The van der Waals surface area contributed by atoms with E-state index in [1.807, 2.05) is 0 Å². The molecule has 0 unspecified atom stereocenters. The van der Waals surface area contributed by atoms with Crippen molar-refractivity contribution in [1.29, 1.82) is 0 Å². The van der Waals surface area contributed by atoms with Gasteiger partial charge in [-0.1, -0.05) is 0 Å².